The fourth-order valence-electron chi connectivity index (χ4n) is 1.59. The van der Waals surface area contributed by atoms with Gasteiger partial charge >= 0.3 is 58.2 Å². The van der Waals surface area contributed by atoms with E-state index in [9.17, 15) is 9.59 Å². The van der Waals surface area contributed by atoms with Crippen LogP contribution in [0.15, 0.2) is 0 Å². The number of aliphatic hydroxyl groups excluding tert-OH is 1. The molecule has 2 amide bonds. The van der Waals surface area contributed by atoms with E-state index in [1.54, 1.807) is 0 Å². The van der Waals surface area contributed by atoms with Crippen LogP contribution in [-0.2, 0) is 9.59 Å². The smallest absolute Gasteiger partial charge is 0.677 e. The molecule has 0 bridgehead atoms. The summed E-state index contributed by atoms with van der Waals surface area (Å²) in [4.78, 5) is 22.9. The van der Waals surface area contributed by atoms with E-state index in [0.29, 0.717) is 12.5 Å². The second-order valence-corrected chi connectivity index (χ2v) is 4.98. The minimum absolute atomic E-state index is 0. The molecule has 0 aromatic carbocycles. The Bertz CT molecular complexity index is 276. The third-order valence-corrected chi connectivity index (χ3v) is 2.69. The molecule has 0 rings (SSSR count). The second-order valence-electron chi connectivity index (χ2n) is 4.98. The molecule has 0 aromatic rings. The molecular weight excluding hydrogens is 332 g/mol. The largest absolute Gasteiger partial charge is 1.00 e. The van der Waals surface area contributed by atoms with Gasteiger partial charge in [0.15, 0.2) is 0 Å². The average Bonchev–Trinajstić information content (AvgIpc) is 2.35. The standard InChI is InChI=1S/C13H26N3O3.Rb/c1-10(2)5-3-4-8-15-13(19)11(9-17)16-12(18)6-7-14;/h10-11,14,17H,3-9H2,1-2H3,(H,15,19)(H,16,18);/q-1;+1/t11-;/m1./s1. The number of amides is 2. The Morgan fingerprint density at radius 3 is 2.40 bits per heavy atom. The maximum Gasteiger partial charge on any atom is 1.00 e. The quantitative estimate of drug-likeness (QED) is 0.388. The van der Waals surface area contributed by atoms with Crippen LogP contribution < -0.4 is 68.8 Å². The van der Waals surface area contributed by atoms with Crippen LogP contribution in [0.4, 0.5) is 0 Å². The van der Waals surface area contributed by atoms with Gasteiger partial charge in [-0.2, -0.15) is 0 Å². The summed E-state index contributed by atoms with van der Waals surface area (Å²) >= 11 is 0. The second kappa shape index (κ2) is 14.6. The minimum Gasteiger partial charge on any atom is -0.677 e. The van der Waals surface area contributed by atoms with Crippen LogP contribution in [0.5, 0.6) is 0 Å². The van der Waals surface area contributed by atoms with E-state index in [1.165, 1.54) is 0 Å². The number of aliphatic hydroxyl groups is 1. The molecule has 112 valence electrons. The molecule has 6 nitrogen and oxygen atoms in total. The van der Waals surface area contributed by atoms with Crippen molar-refractivity contribution in [1.82, 2.24) is 10.6 Å². The summed E-state index contributed by atoms with van der Waals surface area (Å²) in [6.45, 7) is 4.41. The van der Waals surface area contributed by atoms with Gasteiger partial charge in [-0.15, -0.1) is 6.54 Å². The predicted octanol–water partition coefficient (Wildman–Crippen LogP) is -2.15. The third kappa shape index (κ3) is 12.4. The summed E-state index contributed by atoms with van der Waals surface area (Å²) in [5.41, 5.74) is 6.91. The zero-order chi connectivity index (χ0) is 14.7. The molecular formula is C13H26N3O3Rb. The molecule has 0 saturated carbocycles. The van der Waals surface area contributed by atoms with Crippen LogP contribution in [0, 0.1) is 5.92 Å². The number of rotatable bonds is 10. The van der Waals surface area contributed by atoms with Gasteiger partial charge in [0, 0.05) is 13.0 Å². The molecule has 4 N–H and O–H groups in total. The molecule has 0 aliphatic heterocycles. The predicted molar refractivity (Wildman–Crippen MR) is 74.5 cm³/mol. The van der Waals surface area contributed by atoms with Crippen molar-refractivity contribution in [3.05, 3.63) is 5.73 Å². The number of carbonyl (C=O) groups excluding carboxylic acids is 2. The van der Waals surface area contributed by atoms with Gasteiger partial charge in [0.05, 0.1) is 6.61 Å². The van der Waals surface area contributed by atoms with Crippen molar-refractivity contribution in [1.29, 1.82) is 0 Å². The van der Waals surface area contributed by atoms with E-state index in [0.717, 1.165) is 19.3 Å². The van der Waals surface area contributed by atoms with Crippen molar-refractivity contribution < 1.29 is 72.9 Å². The van der Waals surface area contributed by atoms with Crippen LogP contribution in [0.25, 0.3) is 5.73 Å². The molecule has 0 aromatic heterocycles. The van der Waals surface area contributed by atoms with Crippen molar-refractivity contribution in [2.75, 3.05) is 19.7 Å². The van der Waals surface area contributed by atoms with E-state index in [1.807, 2.05) is 0 Å². The van der Waals surface area contributed by atoms with Gasteiger partial charge < -0.3 is 21.5 Å². The molecule has 20 heavy (non-hydrogen) atoms. The van der Waals surface area contributed by atoms with E-state index in [4.69, 9.17) is 10.8 Å². The Morgan fingerprint density at radius 1 is 1.25 bits per heavy atom. The maximum absolute atomic E-state index is 11.7. The van der Waals surface area contributed by atoms with Gasteiger partial charge in [-0.05, 0) is 12.3 Å². The monoisotopic (exact) mass is 357 g/mol. The fourth-order valence-corrected chi connectivity index (χ4v) is 1.59. The number of carbonyl (C=O) groups is 2. The SMILES string of the molecule is CC(C)CCCCNC(=O)[C@@H](CO)NC(=O)CC[NH-].[Rb+]. The number of hydrogen-bond acceptors (Lipinski definition) is 3. The van der Waals surface area contributed by atoms with Gasteiger partial charge in [-0.3, -0.25) is 9.59 Å². The third-order valence-electron chi connectivity index (χ3n) is 2.69. The maximum atomic E-state index is 11.7. The van der Waals surface area contributed by atoms with Crippen molar-refractivity contribution in [3.8, 4) is 0 Å². The van der Waals surface area contributed by atoms with E-state index >= 15 is 0 Å². The van der Waals surface area contributed by atoms with Crippen molar-refractivity contribution >= 4 is 11.8 Å². The molecule has 0 aliphatic carbocycles. The topological polar surface area (TPSA) is 102 Å². The van der Waals surface area contributed by atoms with Crippen LogP contribution in [0.1, 0.15) is 39.5 Å². The molecule has 0 spiro atoms. The molecule has 7 heteroatoms. The first-order valence-corrected chi connectivity index (χ1v) is 6.83. The summed E-state index contributed by atoms with van der Waals surface area (Å²) in [5, 5.41) is 14.2. The summed E-state index contributed by atoms with van der Waals surface area (Å²) in [5.74, 6) is -0.0977. The first-order chi connectivity index (χ1) is 9.01. The van der Waals surface area contributed by atoms with Crippen molar-refractivity contribution in [2.45, 2.75) is 45.6 Å². The minimum atomic E-state index is -0.913. The molecule has 1 atom stereocenters. The van der Waals surface area contributed by atoms with Gasteiger partial charge in [0.2, 0.25) is 11.8 Å². The molecule has 0 unspecified atom stereocenters. The molecule has 0 fully saturated rings. The van der Waals surface area contributed by atoms with Crippen LogP contribution in [0.3, 0.4) is 0 Å². The van der Waals surface area contributed by atoms with Crippen LogP contribution in [0.2, 0.25) is 0 Å². The first-order valence-electron chi connectivity index (χ1n) is 6.83. The average molecular weight is 358 g/mol. The van der Waals surface area contributed by atoms with Gasteiger partial charge in [-0.1, -0.05) is 26.7 Å². The molecule has 0 saturated heterocycles. The van der Waals surface area contributed by atoms with Crippen molar-refractivity contribution in [2.24, 2.45) is 5.92 Å². The van der Waals surface area contributed by atoms with Crippen molar-refractivity contribution in [3.63, 3.8) is 0 Å². The fraction of sp³-hybridized carbons (Fsp3) is 0.846. The Morgan fingerprint density at radius 2 is 1.90 bits per heavy atom. The number of hydrogen-bond donors (Lipinski definition) is 3. The number of unbranched alkanes of at least 4 members (excludes halogenated alkanes) is 1. The van der Waals surface area contributed by atoms with Gasteiger partial charge in [0.1, 0.15) is 6.04 Å². The molecule has 0 aliphatic rings. The zero-order valence-corrected chi connectivity index (χ0v) is 17.8. The van der Waals surface area contributed by atoms with Gasteiger partial charge in [-0.25, -0.2) is 0 Å². The van der Waals surface area contributed by atoms with Crippen LogP contribution >= 0.6 is 0 Å². The normalized spacial score (nSPS) is 11.7. The summed E-state index contributed by atoms with van der Waals surface area (Å²) < 4.78 is 0. The van der Waals surface area contributed by atoms with Crippen LogP contribution in [-0.4, -0.2) is 42.7 Å². The van der Waals surface area contributed by atoms with E-state index < -0.39 is 12.6 Å². The Hall–Kier alpha value is 0.665. The van der Waals surface area contributed by atoms with Gasteiger partial charge in [0.25, 0.3) is 0 Å². The number of nitrogens with one attached hydrogen (secondary N) is 3. The summed E-state index contributed by atoms with van der Waals surface area (Å²) in [6.07, 6.45) is 3.10. The van der Waals surface area contributed by atoms with E-state index in [2.05, 4.69) is 24.5 Å². The zero-order valence-electron chi connectivity index (χ0n) is 12.9. The summed E-state index contributed by atoms with van der Waals surface area (Å²) in [7, 11) is 0. The van der Waals surface area contributed by atoms with E-state index in [-0.39, 0.29) is 83.0 Å². The Labute approximate surface area is 170 Å². The Balaban J connectivity index is 0. The molecule has 0 heterocycles. The first kappa shape index (κ1) is 22.9. The Kier molecular flexibility index (Phi) is 16.7. The summed E-state index contributed by atoms with van der Waals surface area (Å²) in [6, 6.07) is -0.913. The molecule has 0 radical (unpaired) electrons.